The topological polar surface area (TPSA) is 13.1 Å². The van der Waals surface area contributed by atoms with Gasteiger partial charge in [-0.25, -0.2) is 0 Å². The molecule has 0 bridgehead atoms. The van der Waals surface area contributed by atoms with Crippen LogP contribution in [0.15, 0.2) is 162 Å². The summed E-state index contributed by atoms with van der Waals surface area (Å²) in [6.45, 7) is 0. The van der Waals surface area contributed by atoms with E-state index in [0.717, 1.165) is 11.2 Å². The van der Waals surface area contributed by atoms with Crippen LogP contribution < -0.4 is 0 Å². The van der Waals surface area contributed by atoms with Crippen LogP contribution in [0, 0.1) is 0 Å². The smallest absolute Gasteiger partial charge is 0.136 e. The first-order valence-corrected chi connectivity index (χ1v) is 15.5. The van der Waals surface area contributed by atoms with Crippen LogP contribution in [0.1, 0.15) is 0 Å². The van der Waals surface area contributed by atoms with Crippen LogP contribution in [0.3, 0.4) is 0 Å². The van der Waals surface area contributed by atoms with Crippen molar-refractivity contribution in [1.82, 2.24) is 0 Å². The standard InChI is InChI=1S/C44H26O/c1-2-11-27(12-3-1)41-33-16-6-8-18-35(33)43(36-19-9-7-17-34(36)41)37-24-23-31(29-14-4-5-15-30(29)37)32-25-26-40-44-38(32)22-21-28-13-10-20-39(45-40)42(28)44/h1-26H. The number of hydrogen-bond donors (Lipinski definition) is 0. The molecule has 0 aliphatic carbocycles. The first-order valence-electron chi connectivity index (χ1n) is 15.5. The van der Waals surface area contributed by atoms with Crippen LogP contribution in [0.4, 0.5) is 0 Å². The molecule has 0 atom stereocenters. The fourth-order valence-electron chi connectivity index (χ4n) is 7.77. The maximum atomic E-state index is 6.29. The molecule has 10 aromatic rings. The van der Waals surface area contributed by atoms with Gasteiger partial charge in [0.05, 0.1) is 0 Å². The molecule has 0 N–H and O–H groups in total. The highest BCUT2D eigenvalue weighted by molar-refractivity contribution is 6.27. The summed E-state index contributed by atoms with van der Waals surface area (Å²) in [4.78, 5) is 0. The zero-order valence-corrected chi connectivity index (χ0v) is 24.4. The second-order valence-electron chi connectivity index (χ2n) is 12.0. The van der Waals surface area contributed by atoms with E-state index in [-0.39, 0.29) is 0 Å². The predicted octanol–water partition coefficient (Wildman–Crippen LogP) is 12.6. The van der Waals surface area contributed by atoms with Crippen molar-refractivity contribution < 1.29 is 4.42 Å². The third kappa shape index (κ3) is 3.44. The molecule has 1 heteroatoms. The van der Waals surface area contributed by atoms with Crippen LogP contribution in [-0.2, 0) is 0 Å². The monoisotopic (exact) mass is 570 g/mol. The van der Waals surface area contributed by atoms with Crippen LogP contribution >= 0.6 is 0 Å². The van der Waals surface area contributed by atoms with Gasteiger partial charge in [0.25, 0.3) is 0 Å². The molecule has 208 valence electrons. The van der Waals surface area contributed by atoms with E-state index in [4.69, 9.17) is 4.42 Å². The van der Waals surface area contributed by atoms with Crippen molar-refractivity contribution in [3.63, 3.8) is 0 Å². The van der Waals surface area contributed by atoms with Gasteiger partial charge in [-0.3, -0.25) is 0 Å². The Balaban J connectivity index is 1.29. The maximum Gasteiger partial charge on any atom is 0.136 e. The Morgan fingerprint density at radius 3 is 1.53 bits per heavy atom. The van der Waals surface area contributed by atoms with Gasteiger partial charge >= 0.3 is 0 Å². The molecule has 9 aromatic carbocycles. The normalized spacial score (nSPS) is 12.0. The Kier molecular flexibility index (Phi) is 5.06. The minimum atomic E-state index is 0.943. The number of benzene rings is 9. The molecule has 0 fully saturated rings. The van der Waals surface area contributed by atoms with Gasteiger partial charge in [0.1, 0.15) is 11.2 Å². The summed E-state index contributed by atoms with van der Waals surface area (Å²) in [6, 6.07) is 57.3. The summed E-state index contributed by atoms with van der Waals surface area (Å²) in [5.41, 5.74) is 9.42. The van der Waals surface area contributed by atoms with E-state index in [0.29, 0.717) is 0 Å². The molecule has 0 saturated carbocycles. The van der Waals surface area contributed by atoms with Crippen molar-refractivity contribution in [3.05, 3.63) is 158 Å². The molecule has 1 nitrogen and oxygen atoms in total. The minimum Gasteiger partial charge on any atom is -0.456 e. The molecule has 0 aliphatic rings. The number of rotatable bonds is 3. The van der Waals surface area contributed by atoms with Gasteiger partial charge in [-0.2, -0.15) is 0 Å². The largest absolute Gasteiger partial charge is 0.456 e. The third-order valence-electron chi connectivity index (χ3n) is 9.64. The summed E-state index contributed by atoms with van der Waals surface area (Å²) in [7, 11) is 0. The van der Waals surface area contributed by atoms with Crippen molar-refractivity contribution >= 4 is 65.0 Å². The number of furan rings is 1. The molecule has 10 rings (SSSR count). The molecule has 1 heterocycles. The molecule has 0 aliphatic heterocycles. The van der Waals surface area contributed by atoms with E-state index in [1.807, 2.05) is 0 Å². The zero-order valence-electron chi connectivity index (χ0n) is 24.4. The summed E-state index contributed by atoms with van der Waals surface area (Å²) in [6.07, 6.45) is 0. The van der Waals surface area contributed by atoms with Gasteiger partial charge in [0, 0.05) is 10.8 Å². The summed E-state index contributed by atoms with van der Waals surface area (Å²) in [5.74, 6) is 0. The van der Waals surface area contributed by atoms with Gasteiger partial charge in [0.2, 0.25) is 0 Å². The average Bonchev–Trinajstić information content (AvgIpc) is 3.50. The van der Waals surface area contributed by atoms with E-state index in [1.165, 1.54) is 87.2 Å². The molecule has 45 heavy (non-hydrogen) atoms. The highest BCUT2D eigenvalue weighted by Crippen LogP contribution is 2.48. The van der Waals surface area contributed by atoms with Crippen molar-refractivity contribution in [2.75, 3.05) is 0 Å². The molecule has 0 spiro atoms. The van der Waals surface area contributed by atoms with Gasteiger partial charge < -0.3 is 4.42 Å². The van der Waals surface area contributed by atoms with Gasteiger partial charge in [-0.05, 0) is 88.6 Å². The summed E-state index contributed by atoms with van der Waals surface area (Å²) >= 11 is 0. The highest BCUT2D eigenvalue weighted by Gasteiger charge is 2.20. The van der Waals surface area contributed by atoms with Gasteiger partial charge in [0.15, 0.2) is 0 Å². The third-order valence-corrected chi connectivity index (χ3v) is 9.64. The van der Waals surface area contributed by atoms with E-state index >= 15 is 0 Å². The molecule has 0 unspecified atom stereocenters. The predicted molar refractivity (Wildman–Crippen MR) is 191 cm³/mol. The molecular formula is C44H26O. The Labute approximate surface area is 259 Å². The van der Waals surface area contributed by atoms with Crippen LogP contribution in [0.25, 0.3) is 98.4 Å². The van der Waals surface area contributed by atoms with Crippen molar-refractivity contribution in [1.29, 1.82) is 0 Å². The first-order chi connectivity index (χ1) is 22.3. The van der Waals surface area contributed by atoms with E-state index in [2.05, 4.69) is 158 Å². The molecular weight excluding hydrogens is 544 g/mol. The number of fused-ring (bicyclic) bond motifs is 3. The Hall–Kier alpha value is -5.92. The van der Waals surface area contributed by atoms with Gasteiger partial charge in [-0.1, -0.05) is 146 Å². The van der Waals surface area contributed by atoms with Crippen LogP contribution in [0.5, 0.6) is 0 Å². The van der Waals surface area contributed by atoms with E-state index in [1.54, 1.807) is 0 Å². The van der Waals surface area contributed by atoms with E-state index in [9.17, 15) is 0 Å². The summed E-state index contributed by atoms with van der Waals surface area (Å²) < 4.78 is 6.29. The second-order valence-corrected chi connectivity index (χ2v) is 12.0. The maximum absolute atomic E-state index is 6.29. The van der Waals surface area contributed by atoms with Crippen molar-refractivity contribution in [3.8, 4) is 33.4 Å². The number of hydrogen-bond acceptors (Lipinski definition) is 1. The van der Waals surface area contributed by atoms with Crippen molar-refractivity contribution in [2.45, 2.75) is 0 Å². The lowest BCUT2D eigenvalue weighted by molar-refractivity contribution is 0.669. The SMILES string of the molecule is c1ccc(-c2c3ccccc3c(-c3ccc(-c4ccc5oc6cccc7ccc4c5c76)c4ccccc34)c3ccccc23)cc1. The molecule has 0 saturated heterocycles. The Morgan fingerprint density at radius 1 is 0.289 bits per heavy atom. The lowest BCUT2D eigenvalue weighted by Crippen LogP contribution is -1.92. The Morgan fingerprint density at radius 2 is 0.822 bits per heavy atom. The van der Waals surface area contributed by atoms with Crippen LogP contribution in [0.2, 0.25) is 0 Å². The highest BCUT2D eigenvalue weighted by atomic mass is 16.3. The van der Waals surface area contributed by atoms with Crippen LogP contribution in [-0.4, -0.2) is 0 Å². The quantitative estimate of drug-likeness (QED) is 0.152. The second kappa shape index (κ2) is 9.29. The molecule has 1 aromatic heterocycles. The fraction of sp³-hybridized carbons (Fsp3) is 0. The van der Waals surface area contributed by atoms with E-state index < -0.39 is 0 Å². The lowest BCUT2D eigenvalue weighted by atomic mass is 9.83. The average molecular weight is 571 g/mol. The molecule has 0 amide bonds. The molecule has 0 radical (unpaired) electrons. The summed E-state index contributed by atoms with van der Waals surface area (Å²) in [5, 5.41) is 12.4. The zero-order chi connectivity index (χ0) is 29.5. The fourth-order valence-corrected chi connectivity index (χ4v) is 7.77. The van der Waals surface area contributed by atoms with Crippen molar-refractivity contribution in [2.24, 2.45) is 0 Å². The minimum absolute atomic E-state index is 0.943. The van der Waals surface area contributed by atoms with Gasteiger partial charge in [-0.15, -0.1) is 0 Å². The Bertz CT molecular complexity index is 2690. The first kappa shape index (κ1) is 24.5. The lowest BCUT2D eigenvalue weighted by Gasteiger charge is -2.20.